The van der Waals surface area contributed by atoms with Crippen LogP contribution in [0.1, 0.15) is 18.9 Å². The highest BCUT2D eigenvalue weighted by molar-refractivity contribution is 6.05. The second-order valence-corrected chi connectivity index (χ2v) is 6.47. The van der Waals surface area contributed by atoms with E-state index in [4.69, 9.17) is 0 Å². The van der Waals surface area contributed by atoms with Crippen molar-refractivity contribution in [3.8, 4) is 17.0 Å². The third kappa shape index (κ3) is 2.27. The van der Waals surface area contributed by atoms with Gasteiger partial charge in [-0.25, -0.2) is 4.68 Å². The van der Waals surface area contributed by atoms with Crippen molar-refractivity contribution in [2.24, 2.45) is 0 Å². The lowest BCUT2D eigenvalue weighted by Crippen LogP contribution is -2.29. The van der Waals surface area contributed by atoms with Crippen molar-refractivity contribution < 1.29 is 5.11 Å². The van der Waals surface area contributed by atoms with Crippen LogP contribution in [0.2, 0.25) is 0 Å². The summed E-state index contributed by atoms with van der Waals surface area (Å²) >= 11 is 0. The molecule has 5 rings (SSSR count). The first kappa shape index (κ1) is 14.4. The van der Waals surface area contributed by atoms with Gasteiger partial charge in [0.15, 0.2) is 5.65 Å². The van der Waals surface area contributed by atoms with E-state index in [0.717, 1.165) is 48.0 Å². The molecule has 1 saturated heterocycles. The smallest absolute Gasteiger partial charge is 0.162 e. The number of benzene rings is 1. The Morgan fingerprint density at radius 2 is 1.92 bits per heavy atom. The average Bonchev–Trinajstić information content (AvgIpc) is 3.21. The number of rotatable bonds is 2. The second-order valence-electron chi connectivity index (χ2n) is 6.47. The molecule has 0 unspecified atom stereocenters. The van der Waals surface area contributed by atoms with Crippen molar-refractivity contribution in [1.82, 2.24) is 30.3 Å². The fraction of sp³-hybridized carbons (Fsp3) is 0.278. The topological polar surface area (TPSA) is 91.7 Å². The number of hydrogen-bond acceptors (Lipinski definition) is 5. The zero-order chi connectivity index (χ0) is 16.8. The average molecular weight is 334 g/mol. The number of aromatic nitrogens is 5. The molecule has 1 aromatic carbocycles. The summed E-state index contributed by atoms with van der Waals surface area (Å²) < 4.78 is 2.08. The summed E-state index contributed by atoms with van der Waals surface area (Å²) in [5.41, 5.74) is 3.07. The van der Waals surface area contributed by atoms with E-state index in [1.54, 1.807) is 12.1 Å². The molecular weight excluding hydrogens is 316 g/mol. The predicted molar refractivity (Wildman–Crippen MR) is 95.4 cm³/mol. The minimum absolute atomic E-state index is 0.202. The summed E-state index contributed by atoms with van der Waals surface area (Å²) in [6.45, 7) is 2.03. The van der Waals surface area contributed by atoms with Crippen LogP contribution >= 0.6 is 0 Å². The van der Waals surface area contributed by atoms with Crippen molar-refractivity contribution in [3.63, 3.8) is 0 Å². The largest absolute Gasteiger partial charge is 0.507 e. The van der Waals surface area contributed by atoms with Crippen LogP contribution in [0.3, 0.4) is 0 Å². The Kier molecular flexibility index (Phi) is 3.21. The maximum absolute atomic E-state index is 10.1. The SMILES string of the molecule is Oc1ccccc1-c1cc2c(nn1)[nH]c1c2cnn1C1CCNCC1. The molecule has 4 heterocycles. The summed E-state index contributed by atoms with van der Waals surface area (Å²) in [4.78, 5) is 3.36. The lowest BCUT2D eigenvalue weighted by atomic mass is 10.1. The van der Waals surface area contributed by atoms with Crippen LogP contribution in [-0.4, -0.2) is 43.2 Å². The van der Waals surface area contributed by atoms with Gasteiger partial charge in [0, 0.05) is 16.3 Å². The molecule has 0 spiro atoms. The number of para-hydroxylation sites is 1. The van der Waals surface area contributed by atoms with Crippen molar-refractivity contribution in [2.75, 3.05) is 13.1 Å². The van der Waals surface area contributed by atoms with Gasteiger partial charge in [0.2, 0.25) is 0 Å². The van der Waals surface area contributed by atoms with Crippen molar-refractivity contribution >= 4 is 22.1 Å². The maximum atomic E-state index is 10.1. The highest BCUT2D eigenvalue weighted by Gasteiger charge is 2.20. The molecular formula is C18H18N6O. The van der Waals surface area contributed by atoms with Crippen molar-refractivity contribution in [3.05, 3.63) is 36.5 Å². The lowest BCUT2D eigenvalue weighted by Gasteiger charge is -2.23. The Hall–Kier alpha value is -2.93. The number of phenols is 1. The van der Waals surface area contributed by atoms with E-state index in [1.807, 2.05) is 24.4 Å². The van der Waals surface area contributed by atoms with E-state index in [1.165, 1.54) is 0 Å². The van der Waals surface area contributed by atoms with Gasteiger partial charge in [-0.3, -0.25) is 0 Å². The summed E-state index contributed by atoms with van der Waals surface area (Å²) in [7, 11) is 0. The normalized spacial score (nSPS) is 16.0. The number of nitrogens with zero attached hydrogens (tertiary/aromatic N) is 4. The molecule has 0 bridgehead atoms. The van der Waals surface area contributed by atoms with Gasteiger partial charge in [0.1, 0.15) is 11.4 Å². The molecule has 0 aliphatic carbocycles. The highest BCUT2D eigenvalue weighted by Crippen LogP contribution is 2.32. The van der Waals surface area contributed by atoms with Crippen LogP contribution in [-0.2, 0) is 0 Å². The first-order chi connectivity index (χ1) is 12.3. The van der Waals surface area contributed by atoms with Crippen LogP contribution in [0.25, 0.3) is 33.3 Å². The Bertz CT molecular complexity index is 1060. The van der Waals surface area contributed by atoms with Crippen LogP contribution in [0.4, 0.5) is 0 Å². The minimum Gasteiger partial charge on any atom is -0.507 e. The number of H-pyrrole nitrogens is 1. The highest BCUT2D eigenvalue weighted by atomic mass is 16.3. The molecule has 7 nitrogen and oxygen atoms in total. The van der Waals surface area contributed by atoms with Gasteiger partial charge in [0.05, 0.1) is 17.9 Å². The Morgan fingerprint density at radius 1 is 1.08 bits per heavy atom. The van der Waals surface area contributed by atoms with Crippen LogP contribution < -0.4 is 5.32 Å². The first-order valence-electron chi connectivity index (χ1n) is 8.53. The van der Waals surface area contributed by atoms with Gasteiger partial charge in [-0.1, -0.05) is 12.1 Å². The number of nitrogens with one attached hydrogen (secondary N) is 2. The van der Waals surface area contributed by atoms with Gasteiger partial charge < -0.3 is 15.4 Å². The molecule has 1 fully saturated rings. The first-order valence-corrected chi connectivity index (χ1v) is 8.53. The Morgan fingerprint density at radius 3 is 2.76 bits per heavy atom. The maximum Gasteiger partial charge on any atom is 0.162 e. The monoisotopic (exact) mass is 334 g/mol. The zero-order valence-electron chi connectivity index (χ0n) is 13.6. The third-order valence-electron chi connectivity index (χ3n) is 4.95. The number of piperidine rings is 1. The third-order valence-corrected chi connectivity index (χ3v) is 4.95. The molecule has 1 aliphatic heterocycles. The van der Waals surface area contributed by atoms with Crippen LogP contribution in [0.5, 0.6) is 5.75 Å². The number of phenolic OH excluding ortho intramolecular Hbond substituents is 1. The van der Waals surface area contributed by atoms with Crippen molar-refractivity contribution in [2.45, 2.75) is 18.9 Å². The molecule has 25 heavy (non-hydrogen) atoms. The standard InChI is InChI=1S/C18H18N6O/c25-16-4-2-1-3-12(16)15-9-13-14-10-20-24(11-5-7-19-8-6-11)18(14)21-17(13)23-22-15/h1-4,9-11,19,25H,5-8H2,(H,21,23). The Balaban J connectivity index is 1.65. The summed E-state index contributed by atoms with van der Waals surface area (Å²) in [6, 6.07) is 9.53. The van der Waals surface area contributed by atoms with Crippen LogP contribution in [0.15, 0.2) is 36.5 Å². The number of aromatic hydroxyl groups is 1. The van der Waals surface area contributed by atoms with E-state index >= 15 is 0 Å². The van der Waals surface area contributed by atoms with Gasteiger partial charge in [-0.05, 0) is 44.1 Å². The summed E-state index contributed by atoms with van der Waals surface area (Å²) in [5, 5.41) is 28.7. The summed E-state index contributed by atoms with van der Waals surface area (Å²) in [5.74, 6) is 0.202. The molecule has 0 saturated carbocycles. The molecule has 126 valence electrons. The van der Waals surface area contributed by atoms with E-state index in [0.29, 0.717) is 17.3 Å². The number of aromatic amines is 1. The molecule has 0 atom stereocenters. The van der Waals surface area contributed by atoms with Crippen molar-refractivity contribution in [1.29, 1.82) is 0 Å². The van der Waals surface area contributed by atoms with Gasteiger partial charge in [-0.2, -0.15) is 5.10 Å². The number of hydrogen-bond donors (Lipinski definition) is 3. The van der Waals surface area contributed by atoms with Gasteiger partial charge in [-0.15, -0.1) is 10.2 Å². The molecule has 4 aromatic rings. The molecule has 3 N–H and O–H groups in total. The fourth-order valence-corrected chi connectivity index (χ4v) is 3.64. The van der Waals surface area contributed by atoms with E-state index < -0.39 is 0 Å². The fourth-order valence-electron chi connectivity index (χ4n) is 3.64. The molecule has 7 heteroatoms. The lowest BCUT2D eigenvalue weighted by molar-refractivity contribution is 0.350. The number of fused-ring (bicyclic) bond motifs is 3. The minimum atomic E-state index is 0.202. The predicted octanol–water partition coefficient (Wildman–Crippen LogP) is 2.60. The second kappa shape index (κ2) is 5.56. The van der Waals surface area contributed by atoms with Crippen LogP contribution in [0, 0.1) is 0 Å². The van der Waals surface area contributed by atoms with Gasteiger partial charge in [0.25, 0.3) is 0 Å². The van der Waals surface area contributed by atoms with E-state index in [2.05, 4.69) is 30.3 Å². The van der Waals surface area contributed by atoms with Gasteiger partial charge >= 0.3 is 0 Å². The molecule has 0 amide bonds. The Labute approximate surface area is 143 Å². The quantitative estimate of drug-likeness (QED) is 0.524. The molecule has 0 radical (unpaired) electrons. The zero-order valence-corrected chi connectivity index (χ0v) is 13.6. The molecule has 1 aliphatic rings. The van der Waals surface area contributed by atoms with E-state index in [-0.39, 0.29) is 5.75 Å². The molecule has 3 aromatic heterocycles. The van der Waals surface area contributed by atoms with E-state index in [9.17, 15) is 5.11 Å². The summed E-state index contributed by atoms with van der Waals surface area (Å²) in [6.07, 6.45) is 4.04.